The Morgan fingerprint density at radius 2 is 2.13 bits per heavy atom. The Hall–Kier alpha value is -1.25. The number of rotatable bonds is 5. The van der Waals surface area contributed by atoms with E-state index < -0.39 is 0 Å². The molecule has 1 heterocycles. The number of nitrogens with one attached hydrogen (secondary N) is 2. The first kappa shape index (κ1) is 10.3. The summed E-state index contributed by atoms with van der Waals surface area (Å²) < 4.78 is 0. The Morgan fingerprint density at radius 3 is 2.80 bits per heavy atom. The molecule has 3 heteroatoms. The summed E-state index contributed by atoms with van der Waals surface area (Å²) in [6, 6.07) is 2.79. The maximum absolute atomic E-state index is 4.22. The SMILES string of the molecule is CCCNc1cncc(NC2CC2C)c1. The van der Waals surface area contributed by atoms with E-state index in [-0.39, 0.29) is 0 Å². The highest BCUT2D eigenvalue weighted by Gasteiger charge is 2.32. The molecule has 2 N–H and O–H groups in total. The normalized spacial score (nSPS) is 23.6. The summed E-state index contributed by atoms with van der Waals surface area (Å²) in [5.74, 6) is 0.817. The van der Waals surface area contributed by atoms with Crippen molar-refractivity contribution in [2.24, 2.45) is 5.92 Å². The fourth-order valence-electron chi connectivity index (χ4n) is 1.62. The van der Waals surface area contributed by atoms with Gasteiger partial charge < -0.3 is 10.6 Å². The minimum atomic E-state index is 0.660. The highest BCUT2D eigenvalue weighted by Crippen LogP contribution is 2.32. The molecule has 1 fully saturated rings. The number of nitrogens with zero attached hydrogens (tertiary/aromatic N) is 1. The molecule has 1 aliphatic carbocycles. The molecule has 2 atom stereocenters. The zero-order chi connectivity index (χ0) is 10.7. The van der Waals surface area contributed by atoms with Crippen molar-refractivity contribution < 1.29 is 0 Å². The molecule has 1 saturated carbocycles. The summed E-state index contributed by atoms with van der Waals surface area (Å²) in [5.41, 5.74) is 2.24. The molecule has 0 amide bonds. The van der Waals surface area contributed by atoms with E-state index in [1.54, 1.807) is 0 Å². The number of hydrogen-bond acceptors (Lipinski definition) is 3. The van der Waals surface area contributed by atoms with Crippen LogP contribution in [0.25, 0.3) is 0 Å². The first-order valence-corrected chi connectivity index (χ1v) is 5.75. The number of anilines is 2. The molecule has 2 rings (SSSR count). The summed E-state index contributed by atoms with van der Waals surface area (Å²) in [5, 5.41) is 6.82. The van der Waals surface area contributed by atoms with Gasteiger partial charge in [0.15, 0.2) is 0 Å². The predicted octanol–water partition coefficient (Wildman–Crippen LogP) is 2.72. The van der Waals surface area contributed by atoms with Gasteiger partial charge in [-0.25, -0.2) is 0 Å². The average Bonchev–Trinajstić information content (AvgIpc) is 2.92. The van der Waals surface area contributed by atoms with E-state index in [1.807, 2.05) is 12.4 Å². The molecule has 1 aromatic heterocycles. The second-order valence-corrected chi connectivity index (χ2v) is 4.35. The van der Waals surface area contributed by atoms with Crippen LogP contribution in [0.2, 0.25) is 0 Å². The van der Waals surface area contributed by atoms with Crippen LogP contribution in [0.4, 0.5) is 11.4 Å². The second kappa shape index (κ2) is 4.51. The molecular formula is C12H19N3. The summed E-state index contributed by atoms with van der Waals surface area (Å²) in [7, 11) is 0. The lowest BCUT2D eigenvalue weighted by Gasteiger charge is -2.08. The summed E-state index contributed by atoms with van der Waals surface area (Å²) in [6.45, 7) is 5.43. The molecule has 0 radical (unpaired) electrons. The standard InChI is InChI=1S/C12H19N3/c1-3-4-14-10-6-11(8-13-7-10)15-12-5-9(12)2/h6-9,12,14-15H,3-5H2,1-2H3. The van der Waals surface area contributed by atoms with E-state index in [0.29, 0.717) is 6.04 Å². The lowest BCUT2D eigenvalue weighted by atomic mass is 10.3. The van der Waals surface area contributed by atoms with Crippen molar-refractivity contribution in [2.45, 2.75) is 32.7 Å². The highest BCUT2D eigenvalue weighted by atomic mass is 15.0. The van der Waals surface area contributed by atoms with Crippen LogP contribution < -0.4 is 10.6 Å². The number of hydrogen-bond donors (Lipinski definition) is 2. The van der Waals surface area contributed by atoms with Gasteiger partial charge >= 0.3 is 0 Å². The first-order chi connectivity index (χ1) is 7.29. The van der Waals surface area contributed by atoms with E-state index in [0.717, 1.165) is 30.3 Å². The molecule has 0 aromatic carbocycles. The van der Waals surface area contributed by atoms with Gasteiger partial charge in [-0.15, -0.1) is 0 Å². The van der Waals surface area contributed by atoms with Crippen molar-refractivity contribution in [3.05, 3.63) is 18.5 Å². The third kappa shape index (κ3) is 2.85. The summed E-state index contributed by atoms with van der Waals surface area (Å²) in [6.07, 6.45) is 6.18. The molecular weight excluding hydrogens is 186 g/mol. The van der Waals surface area contributed by atoms with E-state index in [2.05, 4.69) is 35.5 Å². The van der Waals surface area contributed by atoms with Gasteiger partial charge in [0, 0.05) is 12.6 Å². The largest absolute Gasteiger partial charge is 0.384 e. The van der Waals surface area contributed by atoms with Crippen LogP contribution in [-0.4, -0.2) is 17.6 Å². The monoisotopic (exact) mass is 205 g/mol. The molecule has 0 saturated heterocycles. The second-order valence-electron chi connectivity index (χ2n) is 4.35. The quantitative estimate of drug-likeness (QED) is 0.776. The van der Waals surface area contributed by atoms with Crippen LogP contribution >= 0.6 is 0 Å². The van der Waals surface area contributed by atoms with Crippen molar-refractivity contribution >= 4 is 11.4 Å². The van der Waals surface area contributed by atoms with Gasteiger partial charge in [0.2, 0.25) is 0 Å². The highest BCUT2D eigenvalue weighted by molar-refractivity contribution is 5.54. The average molecular weight is 205 g/mol. The molecule has 0 aliphatic heterocycles. The minimum absolute atomic E-state index is 0.660. The van der Waals surface area contributed by atoms with Crippen LogP contribution in [0.5, 0.6) is 0 Å². The van der Waals surface area contributed by atoms with Gasteiger partial charge in [-0.2, -0.15) is 0 Å². The van der Waals surface area contributed by atoms with E-state index in [4.69, 9.17) is 0 Å². The molecule has 2 unspecified atom stereocenters. The number of pyridine rings is 1. The van der Waals surface area contributed by atoms with Gasteiger partial charge in [-0.3, -0.25) is 4.98 Å². The molecule has 0 spiro atoms. The van der Waals surface area contributed by atoms with Gasteiger partial charge in [0.25, 0.3) is 0 Å². The van der Waals surface area contributed by atoms with Crippen LogP contribution in [0, 0.1) is 5.92 Å². The molecule has 1 aromatic rings. The van der Waals surface area contributed by atoms with Gasteiger partial charge in [0.05, 0.1) is 23.8 Å². The smallest absolute Gasteiger partial charge is 0.0549 e. The Kier molecular flexibility index (Phi) is 3.09. The molecule has 1 aliphatic rings. The predicted molar refractivity (Wildman–Crippen MR) is 64.2 cm³/mol. The van der Waals surface area contributed by atoms with E-state index in [1.165, 1.54) is 6.42 Å². The Balaban J connectivity index is 1.93. The van der Waals surface area contributed by atoms with Gasteiger partial charge in [-0.1, -0.05) is 13.8 Å². The third-order valence-corrected chi connectivity index (χ3v) is 2.78. The van der Waals surface area contributed by atoms with Crippen molar-refractivity contribution in [3.8, 4) is 0 Å². The van der Waals surface area contributed by atoms with Crippen LogP contribution in [0.15, 0.2) is 18.5 Å². The topological polar surface area (TPSA) is 37.0 Å². The number of aromatic nitrogens is 1. The lowest BCUT2D eigenvalue weighted by molar-refractivity contribution is 0.928. The van der Waals surface area contributed by atoms with Crippen LogP contribution in [0.3, 0.4) is 0 Å². The van der Waals surface area contributed by atoms with Crippen molar-refractivity contribution in [2.75, 3.05) is 17.2 Å². The van der Waals surface area contributed by atoms with E-state index >= 15 is 0 Å². The maximum Gasteiger partial charge on any atom is 0.0549 e. The summed E-state index contributed by atoms with van der Waals surface area (Å²) >= 11 is 0. The molecule has 15 heavy (non-hydrogen) atoms. The zero-order valence-electron chi connectivity index (χ0n) is 9.46. The summed E-state index contributed by atoms with van der Waals surface area (Å²) in [4.78, 5) is 4.22. The van der Waals surface area contributed by atoms with Crippen molar-refractivity contribution in [3.63, 3.8) is 0 Å². The Morgan fingerprint density at radius 1 is 1.40 bits per heavy atom. The third-order valence-electron chi connectivity index (χ3n) is 2.78. The van der Waals surface area contributed by atoms with Crippen molar-refractivity contribution in [1.82, 2.24) is 4.98 Å². The fourth-order valence-corrected chi connectivity index (χ4v) is 1.62. The maximum atomic E-state index is 4.22. The van der Waals surface area contributed by atoms with Crippen molar-refractivity contribution in [1.29, 1.82) is 0 Å². The van der Waals surface area contributed by atoms with E-state index in [9.17, 15) is 0 Å². The van der Waals surface area contributed by atoms with Gasteiger partial charge in [0.1, 0.15) is 0 Å². The minimum Gasteiger partial charge on any atom is -0.384 e. The Labute approximate surface area is 91.3 Å². The molecule has 0 bridgehead atoms. The zero-order valence-corrected chi connectivity index (χ0v) is 9.46. The van der Waals surface area contributed by atoms with Crippen LogP contribution in [0.1, 0.15) is 26.7 Å². The molecule has 3 nitrogen and oxygen atoms in total. The lowest BCUT2D eigenvalue weighted by Crippen LogP contribution is -2.05. The van der Waals surface area contributed by atoms with Crippen LogP contribution in [-0.2, 0) is 0 Å². The first-order valence-electron chi connectivity index (χ1n) is 5.75. The molecule has 82 valence electrons. The van der Waals surface area contributed by atoms with Gasteiger partial charge in [-0.05, 0) is 24.8 Å². The fraction of sp³-hybridized carbons (Fsp3) is 0.583. The Bertz CT molecular complexity index is 324.